The van der Waals surface area contributed by atoms with Crippen molar-refractivity contribution in [1.29, 1.82) is 0 Å². The maximum atomic E-state index is 11.3. The van der Waals surface area contributed by atoms with Gasteiger partial charge >= 0.3 is 5.69 Å². The molecule has 0 atom stereocenters. The molecule has 0 aliphatic rings. The first kappa shape index (κ1) is 9.39. The molecule has 0 amide bonds. The van der Waals surface area contributed by atoms with E-state index in [0.717, 1.165) is 0 Å². The third-order valence-electron chi connectivity index (χ3n) is 2.10. The van der Waals surface area contributed by atoms with E-state index < -0.39 is 0 Å². The predicted molar refractivity (Wildman–Crippen MR) is 57.1 cm³/mol. The minimum atomic E-state index is -0.309. The van der Waals surface area contributed by atoms with Crippen LogP contribution in [-0.2, 0) is 7.05 Å². The van der Waals surface area contributed by atoms with Crippen LogP contribution in [0.2, 0.25) is 0 Å². The van der Waals surface area contributed by atoms with Gasteiger partial charge in [0.05, 0.1) is 5.69 Å². The van der Waals surface area contributed by atoms with Gasteiger partial charge in [-0.3, -0.25) is 4.98 Å². The molecular formula is C10H10N4O. The third-order valence-corrected chi connectivity index (χ3v) is 2.10. The molecule has 5 nitrogen and oxygen atoms in total. The van der Waals surface area contributed by atoms with Crippen LogP contribution in [-0.4, -0.2) is 14.5 Å². The van der Waals surface area contributed by atoms with Gasteiger partial charge in [0.25, 0.3) is 0 Å². The molecule has 0 unspecified atom stereocenters. The Morgan fingerprint density at radius 1 is 1.40 bits per heavy atom. The van der Waals surface area contributed by atoms with Crippen molar-refractivity contribution >= 4 is 5.69 Å². The molecule has 15 heavy (non-hydrogen) atoms. The van der Waals surface area contributed by atoms with Gasteiger partial charge < -0.3 is 10.3 Å². The van der Waals surface area contributed by atoms with Crippen LogP contribution in [0.4, 0.5) is 5.69 Å². The molecule has 0 aromatic carbocycles. The van der Waals surface area contributed by atoms with Crippen LogP contribution < -0.4 is 11.4 Å². The Labute approximate surface area is 86.2 Å². The van der Waals surface area contributed by atoms with E-state index in [1.807, 2.05) is 0 Å². The number of hydrogen-bond acceptors (Lipinski definition) is 4. The molecule has 0 aliphatic heterocycles. The van der Waals surface area contributed by atoms with Gasteiger partial charge in [-0.05, 0) is 12.1 Å². The van der Waals surface area contributed by atoms with Crippen molar-refractivity contribution in [2.24, 2.45) is 7.05 Å². The van der Waals surface area contributed by atoms with Gasteiger partial charge in [0.1, 0.15) is 0 Å². The Hall–Kier alpha value is -2.17. The molecule has 0 saturated heterocycles. The first-order chi connectivity index (χ1) is 7.18. The highest BCUT2D eigenvalue weighted by Crippen LogP contribution is 2.20. The van der Waals surface area contributed by atoms with Crippen LogP contribution in [0, 0.1) is 0 Å². The number of rotatable bonds is 1. The maximum absolute atomic E-state index is 11.3. The topological polar surface area (TPSA) is 73.8 Å². The summed E-state index contributed by atoms with van der Waals surface area (Å²) in [6, 6.07) is 3.41. The summed E-state index contributed by atoms with van der Waals surface area (Å²) < 4.78 is 1.40. The van der Waals surface area contributed by atoms with Crippen LogP contribution in [0.5, 0.6) is 0 Å². The standard InChI is InChI=1S/C10H10N4O/c1-14-5-3-9(13-10(14)15)7-6-12-4-2-8(7)11/h2-6H,1H3,(H2,11,12). The second-order valence-electron chi connectivity index (χ2n) is 3.17. The lowest BCUT2D eigenvalue weighted by molar-refractivity contribution is 0.813. The molecule has 0 bridgehead atoms. The van der Waals surface area contributed by atoms with E-state index in [1.54, 1.807) is 37.8 Å². The summed E-state index contributed by atoms with van der Waals surface area (Å²) >= 11 is 0. The molecule has 2 heterocycles. The summed E-state index contributed by atoms with van der Waals surface area (Å²) in [7, 11) is 1.64. The highest BCUT2D eigenvalue weighted by Gasteiger charge is 2.04. The second-order valence-corrected chi connectivity index (χ2v) is 3.17. The number of pyridine rings is 1. The van der Waals surface area contributed by atoms with Crippen molar-refractivity contribution in [1.82, 2.24) is 14.5 Å². The van der Waals surface area contributed by atoms with Crippen molar-refractivity contribution in [3.8, 4) is 11.3 Å². The zero-order valence-electron chi connectivity index (χ0n) is 8.21. The van der Waals surface area contributed by atoms with E-state index in [-0.39, 0.29) is 5.69 Å². The highest BCUT2D eigenvalue weighted by atomic mass is 16.1. The lowest BCUT2D eigenvalue weighted by Crippen LogP contribution is -2.19. The van der Waals surface area contributed by atoms with Crippen LogP contribution in [0.3, 0.4) is 0 Å². The van der Waals surface area contributed by atoms with E-state index in [1.165, 1.54) is 4.57 Å². The molecule has 2 aromatic heterocycles. The summed E-state index contributed by atoms with van der Waals surface area (Å²) in [5.74, 6) is 0. The lowest BCUT2D eigenvalue weighted by Gasteiger charge is -2.03. The second kappa shape index (κ2) is 3.53. The first-order valence-corrected chi connectivity index (χ1v) is 4.42. The molecule has 2 N–H and O–H groups in total. The van der Waals surface area contributed by atoms with Gasteiger partial charge in [-0.25, -0.2) is 4.79 Å². The smallest absolute Gasteiger partial charge is 0.347 e. The largest absolute Gasteiger partial charge is 0.398 e. The molecular weight excluding hydrogens is 192 g/mol. The number of aryl methyl sites for hydroxylation is 1. The van der Waals surface area contributed by atoms with Crippen molar-refractivity contribution < 1.29 is 0 Å². The maximum Gasteiger partial charge on any atom is 0.347 e. The van der Waals surface area contributed by atoms with E-state index in [9.17, 15) is 4.79 Å². The molecule has 0 radical (unpaired) electrons. The van der Waals surface area contributed by atoms with Crippen LogP contribution >= 0.6 is 0 Å². The Morgan fingerprint density at radius 3 is 2.87 bits per heavy atom. The fraction of sp³-hybridized carbons (Fsp3) is 0.100. The molecule has 0 fully saturated rings. The zero-order valence-corrected chi connectivity index (χ0v) is 8.21. The fourth-order valence-corrected chi connectivity index (χ4v) is 1.23. The summed E-state index contributed by atoms with van der Waals surface area (Å²) in [6.07, 6.45) is 4.84. The summed E-state index contributed by atoms with van der Waals surface area (Å²) in [6.45, 7) is 0. The number of aromatic nitrogens is 3. The van der Waals surface area contributed by atoms with E-state index >= 15 is 0 Å². The van der Waals surface area contributed by atoms with Gasteiger partial charge in [-0.15, -0.1) is 0 Å². The van der Waals surface area contributed by atoms with Crippen molar-refractivity contribution in [2.75, 3.05) is 5.73 Å². The van der Waals surface area contributed by atoms with Gasteiger partial charge in [-0.2, -0.15) is 4.98 Å². The first-order valence-electron chi connectivity index (χ1n) is 4.42. The Balaban J connectivity index is 2.60. The quantitative estimate of drug-likeness (QED) is 0.727. The van der Waals surface area contributed by atoms with Gasteiger partial charge in [0, 0.05) is 36.9 Å². The Morgan fingerprint density at radius 2 is 2.20 bits per heavy atom. The van der Waals surface area contributed by atoms with Gasteiger partial charge in [0.15, 0.2) is 0 Å². The Kier molecular flexibility index (Phi) is 2.21. The monoisotopic (exact) mass is 202 g/mol. The number of nitrogen functional groups attached to an aromatic ring is 1. The summed E-state index contributed by atoms with van der Waals surface area (Å²) in [5.41, 5.74) is 7.22. The summed E-state index contributed by atoms with van der Waals surface area (Å²) in [5, 5.41) is 0. The highest BCUT2D eigenvalue weighted by molar-refractivity contribution is 5.71. The molecule has 0 spiro atoms. The Bertz CT molecular complexity index is 547. The number of nitrogens with zero attached hydrogens (tertiary/aromatic N) is 3. The van der Waals surface area contributed by atoms with Gasteiger partial charge in [-0.1, -0.05) is 0 Å². The van der Waals surface area contributed by atoms with E-state index in [4.69, 9.17) is 5.73 Å². The summed E-state index contributed by atoms with van der Waals surface area (Å²) in [4.78, 5) is 19.2. The van der Waals surface area contributed by atoms with Crippen molar-refractivity contribution in [3.63, 3.8) is 0 Å². The van der Waals surface area contributed by atoms with Crippen LogP contribution in [0.25, 0.3) is 11.3 Å². The number of anilines is 1. The predicted octanol–water partition coefficient (Wildman–Crippen LogP) is 0.424. The fourth-order valence-electron chi connectivity index (χ4n) is 1.23. The molecule has 0 saturated carbocycles. The SMILES string of the molecule is Cn1ccc(-c2cnccc2N)nc1=O. The van der Waals surface area contributed by atoms with E-state index in [0.29, 0.717) is 16.9 Å². The average molecular weight is 202 g/mol. The normalized spacial score (nSPS) is 10.2. The van der Waals surface area contributed by atoms with Crippen molar-refractivity contribution in [3.05, 3.63) is 41.2 Å². The molecule has 0 aliphatic carbocycles. The molecule has 5 heteroatoms. The van der Waals surface area contributed by atoms with Gasteiger partial charge in [0.2, 0.25) is 0 Å². The third kappa shape index (κ3) is 1.71. The minimum Gasteiger partial charge on any atom is -0.398 e. The van der Waals surface area contributed by atoms with Crippen LogP contribution in [0.1, 0.15) is 0 Å². The van der Waals surface area contributed by atoms with Crippen molar-refractivity contribution in [2.45, 2.75) is 0 Å². The van der Waals surface area contributed by atoms with E-state index in [2.05, 4.69) is 9.97 Å². The van der Waals surface area contributed by atoms with Crippen LogP contribution in [0.15, 0.2) is 35.5 Å². The zero-order chi connectivity index (χ0) is 10.8. The molecule has 2 aromatic rings. The number of nitrogens with two attached hydrogens (primary N) is 1. The number of hydrogen-bond donors (Lipinski definition) is 1. The molecule has 2 rings (SSSR count). The molecule has 76 valence electrons. The average Bonchev–Trinajstić information content (AvgIpc) is 2.23. The minimum absolute atomic E-state index is 0.309. The lowest BCUT2D eigenvalue weighted by atomic mass is 10.2.